The van der Waals surface area contributed by atoms with Gasteiger partial charge in [-0.25, -0.2) is 0 Å². The molecule has 3 rings (SSSR count). The second-order valence-corrected chi connectivity index (χ2v) is 8.84. The number of nitrogens with zero attached hydrogens (tertiary/aromatic N) is 1. The molecular formula is C27H33NO6. The molecule has 34 heavy (non-hydrogen) atoms. The molecule has 1 saturated heterocycles. The molecule has 0 aliphatic carbocycles. The number of rotatable bonds is 9. The molecule has 0 bridgehead atoms. The van der Waals surface area contributed by atoms with Gasteiger partial charge in [-0.3, -0.25) is 9.59 Å². The number of aliphatic hydroxyl groups is 1. The lowest BCUT2D eigenvalue weighted by molar-refractivity contribution is -0.140. The van der Waals surface area contributed by atoms with Gasteiger partial charge in [0.05, 0.1) is 37.5 Å². The van der Waals surface area contributed by atoms with E-state index in [0.717, 1.165) is 5.56 Å². The van der Waals surface area contributed by atoms with Gasteiger partial charge < -0.3 is 24.2 Å². The third-order valence-electron chi connectivity index (χ3n) is 5.54. The first-order chi connectivity index (χ1) is 16.1. The van der Waals surface area contributed by atoms with Gasteiger partial charge in [0, 0.05) is 12.1 Å². The summed E-state index contributed by atoms with van der Waals surface area (Å²) in [6, 6.07) is 11.6. The standard InChI is InChI=1S/C27H33NO6/c1-16(2)33-13-12-28-24(19-8-7-9-21(15-19)32-6)23(26(30)27(28)31)25(29)20-10-11-22(18(5)14-20)34-17(3)4/h7-11,14-17,24,29H,12-13H2,1-6H3/b25-23+. The summed E-state index contributed by atoms with van der Waals surface area (Å²) in [7, 11) is 1.55. The lowest BCUT2D eigenvalue weighted by Gasteiger charge is -2.26. The Morgan fingerprint density at radius 3 is 2.41 bits per heavy atom. The number of hydrogen-bond donors (Lipinski definition) is 1. The van der Waals surface area contributed by atoms with Crippen LogP contribution in [0.15, 0.2) is 48.0 Å². The van der Waals surface area contributed by atoms with Crippen molar-refractivity contribution in [3.8, 4) is 11.5 Å². The van der Waals surface area contributed by atoms with Crippen molar-refractivity contribution in [2.24, 2.45) is 0 Å². The van der Waals surface area contributed by atoms with Gasteiger partial charge in [0.15, 0.2) is 0 Å². The molecule has 7 heteroatoms. The van der Waals surface area contributed by atoms with Gasteiger partial charge in [-0.05, 0) is 76.1 Å². The van der Waals surface area contributed by atoms with Crippen LogP contribution in [0, 0.1) is 6.92 Å². The Labute approximate surface area is 200 Å². The minimum atomic E-state index is -0.766. The Morgan fingerprint density at radius 1 is 1.06 bits per heavy atom. The van der Waals surface area contributed by atoms with Crippen LogP contribution in [0.1, 0.15) is 50.4 Å². The van der Waals surface area contributed by atoms with E-state index in [2.05, 4.69) is 0 Å². The highest BCUT2D eigenvalue weighted by molar-refractivity contribution is 6.46. The number of amides is 1. The smallest absolute Gasteiger partial charge is 0.295 e. The van der Waals surface area contributed by atoms with E-state index in [9.17, 15) is 14.7 Å². The summed E-state index contributed by atoms with van der Waals surface area (Å²) in [6.45, 7) is 10.0. The minimum Gasteiger partial charge on any atom is -0.507 e. The van der Waals surface area contributed by atoms with Gasteiger partial charge in [-0.2, -0.15) is 0 Å². The van der Waals surface area contributed by atoms with Gasteiger partial charge in [-0.15, -0.1) is 0 Å². The molecule has 7 nitrogen and oxygen atoms in total. The van der Waals surface area contributed by atoms with Gasteiger partial charge in [0.1, 0.15) is 17.3 Å². The fourth-order valence-electron chi connectivity index (χ4n) is 3.99. The maximum atomic E-state index is 13.2. The zero-order chi connectivity index (χ0) is 25.0. The Hall–Kier alpha value is -3.32. The summed E-state index contributed by atoms with van der Waals surface area (Å²) in [5, 5.41) is 11.3. The van der Waals surface area contributed by atoms with Crippen LogP contribution in [0.25, 0.3) is 5.76 Å². The monoisotopic (exact) mass is 467 g/mol. The van der Waals surface area contributed by atoms with E-state index in [1.54, 1.807) is 43.5 Å². The second kappa shape index (κ2) is 10.7. The average Bonchev–Trinajstić information content (AvgIpc) is 3.04. The molecule has 1 N–H and O–H groups in total. The highest BCUT2D eigenvalue weighted by Crippen LogP contribution is 2.40. The number of aryl methyl sites for hydroxylation is 1. The fraction of sp³-hybridized carbons (Fsp3) is 0.407. The van der Waals surface area contributed by atoms with Crippen LogP contribution >= 0.6 is 0 Å². The number of carbonyl (C=O) groups excluding carboxylic acids is 2. The molecule has 2 aromatic rings. The first-order valence-corrected chi connectivity index (χ1v) is 11.5. The number of carbonyl (C=O) groups is 2. The Kier molecular flexibility index (Phi) is 7.99. The molecule has 0 aromatic heterocycles. The summed E-state index contributed by atoms with van der Waals surface area (Å²) in [5.41, 5.74) is 1.97. The Bertz CT molecular complexity index is 1090. The predicted molar refractivity (Wildman–Crippen MR) is 130 cm³/mol. The number of benzene rings is 2. The summed E-state index contributed by atoms with van der Waals surface area (Å²) < 4.78 is 16.8. The molecule has 1 aliphatic rings. The van der Waals surface area contributed by atoms with Gasteiger partial charge in [0.2, 0.25) is 0 Å². The fourth-order valence-corrected chi connectivity index (χ4v) is 3.99. The topological polar surface area (TPSA) is 85.3 Å². The van der Waals surface area contributed by atoms with Crippen LogP contribution in [0.2, 0.25) is 0 Å². The van der Waals surface area contributed by atoms with Crippen molar-refractivity contribution in [1.29, 1.82) is 0 Å². The van der Waals surface area contributed by atoms with Gasteiger partial charge in [0.25, 0.3) is 11.7 Å². The van der Waals surface area contributed by atoms with Crippen molar-refractivity contribution in [2.75, 3.05) is 20.3 Å². The first kappa shape index (κ1) is 25.3. The highest BCUT2D eigenvalue weighted by Gasteiger charge is 2.46. The number of ketones is 1. The van der Waals surface area contributed by atoms with E-state index in [4.69, 9.17) is 14.2 Å². The quantitative estimate of drug-likeness (QED) is 0.329. The molecule has 0 radical (unpaired) electrons. The predicted octanol–water partition coefficient (Wildman–Crippen LogP) is 4.64. The molecular weight excluding hydrogens is 434 g/mol. The summed E-state index contributed by atoms with van der Waals surface area (Å²) in [5.74, 6) is -0.333. The van der Waals surface area contributed by atoms with Crippen LogP contribution in [-0.2, 0) is 14.3 Å². The van der Waals surface area contributed by atoms with E-state index in [1.165, 1.54) is 4.90 Å². The maximum Gasteiger partial charge on any atom is 0.295 e. The van der Waals surface area contributed by atoms with Crippen LogP contribution in [0.5, 0.6) is 11.5 Å². The zero-order valence-electron chi connectivity index (χ0n) is 20.6. The van der Waals surface area contributed by atoms with Crippen LogP contribution in [-0.4, -0.2) is 54.2 Å². The first-order valence-electron chi connectivity index (χ1n) is 11.5. The number of likely N-dealkylation sites (tertiary alicyclic amines) is 1. The molecule has 1 aliphatic heterocycles. The van der Waals surface area contributed by atoms with E-state index in [0.29, 0.717) is 22.6 Å². The lowest BCUT2D eigenvalue weighted by atomic mass is 9.94. The summed E-state index contributed by atoms with van der Waals surface area (Å²) >= 11 is 0. The number of aliphatic hydroxyl groups excluding tert-OH is 1. The van der Waals surface area contributed by atoms with Crippen molar-refractivity contribution >= 4 is 17.4 Å². The van der Waals surface area contributed by atoms with Crippen molar-refractivity contribution in [3.63, 3.8) is 0 Å². The largest absolute Gasteiger partial charge is 0.507 e. The van der Waals surface area contributed by atoms with Crippen molar-refractivity contribution in [3.05, 3.63) is 64.7 Å². The number of Topliss-reactive ketones (excluding diaryl/α,β-unsaturated/α-hetero) is 1. The van der Waals surface area contributed by atoms with Crippen molar-refractivity contribution in [2.45, 2.75) is 52.9 Å². The van der Waals surface area contributed by atoms with E-state index in [1.807, 2.05) is 40.7 Å². The third kappa shape index (κ3) is 5.42. The highest BCUT2D eigenvalue weighted by atomic mass is 16.5. The average molecular weight is 468 g/mol. The molecule has 1 amide bonds. The molecule has 2 aromatic carbocycles. The van der Waals surface area contributed by atoms with Gasteiger partial charge in [-0.1, -0.05) is 12.1 Å². The minimum absolute atomic E-state index is 0.00425. The molecule has 1 fully saturated rings. The molecule has 0 spiro atoms. The molecule has 182 valence electrons. The normalized spacial score (nSPS) is 17.6. The Balaban J connectivity index is 2.10. The number of ether oxygens (including phenoxy) is 3. The van der Waals surface area contributed by atoms with Crippen LogP contribution < -0.4 is 9.47 Å². The SMILES string of the molecule is COc1cccc(C2/C(=C(\O)c3ccc(OC(C)C)c(C)c3)C(=O)C(=O)N2CCOC(C)C)c1. The second-order valence-electron chi connectivity index (χ2n) is 8.84. The van der Waals surface area contributed by atoms with E-state index < -0.39 is 17.7 Å². The Morgan fingerprint density at radius 2 is 1.79 bits per heavy atom. The van der Waals surface area contributed by atoms with Crippen molar-refractivity contribution < 1.29 is 28.9 Å². The summed E-state index contributed by atoms with van der Waals surface area (Å²) in [4.78, 5) is 27.6. The molecule has 1 unspecified atom stereocenters. The van der Waals surface area contributed by atoms with Gasteiger partial charge >= 0.3 is 0 Å². The molecule has 1 heterocycles. The van der Waals surface area contributed by atoms with Crippen LogP contribution in [0.4, 0.5) is 0 Å². The summed E-state index contributed by atoms with van der Waals surface area (Å²) in [6.07, 6.45) is -0.00812. The number of hydrogen-bond acceptors (Lipinski definition) is 6. The third-order valence-corrected chi connectivity index (χ3v) is 5.54. The molecule has 1 atom stereocenters. The van der Waals surface area contributed by atoms with Crippen LogP contribution in [0.3, 0.4) is 0 Å². The van der Waals surface area contributed by atoms with E-state index >= 15 is 0 Å². The van der Waals surface area contributed by atoms with E-state index in [-0.39, 0.29) is 36.7 Å². The van der Waals surface area contributed by atoms with Crippen molar-refractivity contribution in [1.82, 2.24) is 4.90 Å². The maximum absolute atomic E-state index is 13.2. The number of methoxy groups -OCH3 is 1. The lowest BCUT2D eigenvalue weighted by Crippen LogP contribution is -2.33. The zero-order valence-corrected chi connectivity index (χ0v) is 20.6. The molecule has 0 saturated carbocycles.